The van der Waals surface area contributed by atoms with Crippen LogP contribution in [0.2, 0.25) is 0 Å². The Morgan fingerprint density at radius 2 is 2.27 bits per heavy atom. The third-order valence-electron chi connectivity index (χ3n) is 3.12. The van der Waals surface area contributed by atoms with Crippen molar-refractivity contribution in [2.24, 2.45) is 0 Å². The number of nitrogens with one attached hydrogen (secondary N) is 1. The number of benzene rings is 1. The van der Waals surface area contributed by atoms with Crippen LogP contribution in [0.4, 0.5) is 4.39 Å². The molecule has 1 heterocycles. The highest BCUT2D eigenvalue weighted by Crippen LogP contribution is 2.37. The molecule has 15 heavy (non-hydrogen) atoms. The average molecular weight is 209 g/mol. The molecule has 0 aliphatic carbocycles. The molecule has 1 fully saturated rings. The summed E-state index contributed by atoms with van der Waals surface area (Å²) in [5.41, 5.74) is 0.376. The van der Waals surface area contributed by atoms with Gasteiger partial charge in [0.1, 0.15) is 11.6 Å². The molecule has 1 aromatic carbocycles. The van der Waals surface area contributed by atoms with Crippen molar-refractivity contribution in [2.45, 2.75) is 25.3 Å². The third-order valence-corrected chi connectivity index (χ3v) is 3.12. The fraction of sp³-hybridized carbons (Fsp3) is 0.500. The SMILES string of the molecule is COc1cccc(F)c1C1(C)CCCN1. The van der Waals surface area contributed by atoms with E-state index < -0.39 is 0 Å². The number of hydrogen-bond donors (Lipinski definition) is 1. The molecule has 2 rings (SSSR count). The zero-order valence-corrected chi connectivity index (χ0v) is 9.14. The average Bonchev–Trinajstić information content (AvgIpc) is 2.65. The van der Waals surface area contributed by atoms with Crippen molar-refractivity contribution in [3.63, 3.8) is 0 Å². The molecular weight excluding hydrogens is 193 g/mol. The molecular formula is C12H16FNO. The lowest BCUT2D eigenvalue weighted by molar-refractivity contribution is 0.356. The first-order valence-corrected chi connectivity index (χ1v) is 5.25. The second-order valence-corrected chi connectivity index (χ2v) is 4.18. The van der Waals surface area contributed by atoms with Gasteiger partial charge in [0.05, 0.1) is 7.11 Å². The van der Waals surface area contributed by atoms with Crippen LogP contribution in [0.15, 0.2) is 18.2 Å². The monoisotopic (exact) mass is 209 g/mol. The maximum atomic E-state index is 13.8. The van der Waals surface area contributed by atoms with E-state index in [1.54, 1.807) is 13.2 Å². The van der Waals surface area contributed by atoms with Gasteiger partial charge in [-0.05, 0) is 38.4 Å². The Morgan fingerprint density at radius 1 is 1.47 bits per heavy atom. The highest BCUT2D eigenvalue weighted by molar-refractivity contribution is 5.40. The maximum Gasteiger partial charge on any atom is 0.131 e. The molecule has 3 heteroatoms. The molecule has 0 radical (unpaired) electrons. The van der Waals surface area contributed by atoms with Gasteiger partial charge >= 0.3 is 0 Å². The fourth-order valence-corrected chi connectivity index (χ4v) is 2.32. The molecule has 0 spiro atoms. The summed E-state index contributed by atoms with van der Waals surface area (Å²) in [5.74, 6) is 0.443. The minimum absolute atomic E-state index is 0.189. The number of ether oxygens (including phenoxy) is 1. The molecule has 0 amide bonds. The molecule has 1 aromatic rings. The van der Waals surface area contributed by atoms with Crippen LogP contribution >= 0.6 is 0 Å². The molecule has 0 saturated carbocycles. The molecule has 0 bridgehead atoms. The normalized spacial score (nSPS) is 25.5. The summed E-state index contributed by atoms with van der Waals surface area (Å²) in [7, 11) is 1.58. The molecule has 1 unspecified atom stereocenters. The van der Waals surface area contributed by atoms with Crippen LogP contribution in [0.25, 0.3) is 0 Å². The Morgan fingerprint density at radius 3 is 2.87 bits per heavy atom. The maximum absolute atomic E-state index is 13.8. The van der Waals surface area contributed by atoms with Crippen molar-refractivity contribution in [1.82, 2.24) is 5.32 Å². The Balaban J connectivity index is 2.49. The van der Waals surface area contributed by atoms with E-state index in [2.05, 4.69) is 5.32 Å². The minimum atomic E-state index is -0.281. The summed E-state index contributed by atoms with van der Waals surface area (Å²) in [6, 6.07) is 4.97. The molecule has 2 nitrogen and oxygen atoms in total. The lowest BCUT2D eigenvalue weighted by Gasteiger charge is -2.27. The van der Waals surface area contributed by atoms with E-state index in [-0.39, 0.29) is 11.4 Å². The van der Waals surface area contributed by atoms with Gasteiger partial charge in [0.2, 0.25) is 0 Å². The van der Waals surface area contributed by atoms with Crippen LogP contribution in [0.5, 0.6) is 5.75 Å². The number of methoxy groups -OCH3 is 1. The predicted molar refractivity (Wildman–Crippen MR) is 57.5 cm³/mol. The van der Waals surface area contributed by atoms with E-state index in [1.165, 1.54) is 6.07 Å². The summed E-state index contributed by atoms with van der Waals surface area (Å²) in [6.45, 7) is 2.97. The van der Waals surface area contributed by atoms with Crippen LogP contribution in [-0.2, 0) is 5.54 Å². The van der Waals surface area contributed by atoms with Gasteiger partial charge < -0.3 is 10.1 Å². The largest absolute Gasteiger partial charge is 0.496 e. The number of rotatable bonds is 2. The first kappa shape index (κ1) is 10.4. The lowest BCUT2D eigenvalue weighted by Crippen LogP contribution is -2.34. The van der Waals surface area contributed by atoms with E-state index in [0.717, 1.165) is 19.4 Å². The summed E-state index contributed by atoms with van der Waals surface area (Å²) in [5, 5.41) is 3.34. The van der Waals surface area contributed by atoms with Crippen molar-refractivity contribution >= 4 is 0 Å². The Bertz CT molecular complexity index is 359. The van der Waals surface area contributed by atoms with E-state index >= 15 is 0 Å². The second kappa shape index (κ2) is 3.81. The fourth-order valence-electron chi connectivity index (χ4n) is 2.32. The van der Waals surface area contributed by atoms with Crippen molar-refractivity contribution in [3.8, 4) is 5.75 Å². The van der Waals surface area contributed by atoms with E-state index in [0.29, 0.717) is 11.3 Å². The van der Waals surface area contributed by atoms with E-state index in [1.807, 2.05) is 13.0 Å². The van der Waals surface area contributed by atoms with Crippen LogP contribution in [0.3, 0.4) is 0 Å². The molecule has 0 aromatic heterocycles. The summed E-state index contributed by atoms with van der Waals surface area (Å²) in [4.78, 5) is 0. The zero-order valence-electron chi connectivity index (χ0n) is 9.14. The van der Waals surface area contributed by atoms with Gasteiger partial charge in [-0.15, -0.1) is 0 Å². The molecule has 1 saturated heterocycles. The van der Waals surface area contributed by atoms with Gasteiger partial charge in [-0.25, -0.2) is 4.39 Å². The topological polar surface area (TPSA) is 21.3 Å². The van der Waals surface area contributed by atoms with Crippen molar-refractivity contribution < 1.29 is 9.13 Å². The number of hydrogen-bond acceptors (Lipinski definition) is 2. The summed E-state index contributed by atoms with van der Waals surface area (Å²) >= 11 is 0. The van der Waals surface area contributed by atoms with Gasteiger partial charge in [-0.3, -0.25) is 0 Å². The van der Waals surface area contributed by atoms with Crippen molar-refractivity contribution in [1.29, 1.82) is 0 Å². The van der Waals surface area contributed by atoms with Gasteiger partial charge in [-0.2, -0.15) is 0 Å². The Kier molecular flexibility index (Phi) is 2.65. The van der Waals surface area contributed by atoms with Gasteiger partial charge in [0, 0.05) is 11.1 Å². The third kappa shape index (κ3) is 1.72. The van der Waals surface area contributed by atoms with Crippen LogP contribution in [0.1, 0.15) is 25.3 Å². The first-order chi connectivity index (χ1) is 7.17. The Hall–Kier alpha value is -1.09. The summed E-state index contributed by atoms with van der Waals surface area (Å²) < 4.78 is 19.0. The van der Waals surface area contributed by atoms with Crippen LogP contribution < -0.4 is 10.1 Å². The van der Waals surface area contributed by atoms with Crippen LogP contribution in [0, 0.1) is 5.82 Å². The molecule has 1 atom stereocenters. The van der Waals surface area contributed by atoms with Crippen molar-refractivity contribution in [2.75, 3.05) is 13.7 Å². The number of halogens is 1. The summed E-state index contributed by atoms with van der Waals surface area (Å²) in [6.07, 6.45) is 2.03. The standard InChI is InChI=1S/C12H16FNO/c1-12(7-4-8-14-12)11-9(13)5-3-6-10(11)15-2/h3,5-6,14H,4,7-8H2,1-2H3. The van der Waals surface area contributed by atoms with Crippen molar-refractivity contribution in [3.05, 3.63) is 29.6 Å². The van der Waals surface area contributed by atoms with E-state index in [4.69, 9.17) is 4.74 Å². The minimum Gasteiger partial charge on any atom is -0.496 e. The van der Waals surface area contributed by atoms with E-state index in [9.17, 15) is 4.39 Å². The second-order valence-electron chi connectivity index (χ2n) is 4.18. The Labute approximate surface area is 89.4 Å². The van der Waals surface area contributed by atoms with Gasteiger partial charge in [0.25, 0.3) is 0 Å². The first-order valence-electron chi connectivity index (χ1n) is 5.25. The molecule has 1 N–H and O–H groups in total. The lowest BCUT2D eigenvalue weighted by atomic mass is 9.89. The smallest absolute Gasteiger partial charge is 0.131 e. The highest BCUT2D eigenvalue weighted by atomic mass is 19.1. The highest BCUT2D eigenvalue weighted by Gasteiger charge is 2.35. The zero-order chi connectivity index (χ0) is 10.9. The molecule has 1 aliphatic rings. The molecule has 1 aliphatic heterocycles. The van der Waals surface area contributed by atoms with Gasteiger partial charge in [0.15, 0.2) is 0 Å². The molecule has 82 valence electrons. The quantitative estimate of drug-likeness (QED) is 0.807. The predicted octanol–water partition coefficient (Wildman–Crippen LogP) is 2.43. The van der Waals surface area contributed by atoms with Gasteiger partial charge in [-0.1, -0.05) is 6.07 Å². The van der Waals surface area contributed by atoms with Crippen LogP contribution in [-0.4, -0.2) is 13.7 Å².